The minimum atomic E-state index is -1.90. The maximum absolute atomic E-state index is 14.8. The van der Waals surface area contributed by atoms with Crippen LogP contribution in [0.25, 0.3) is 10.9 Å². The molecule has 4 aromatic carbocycles. The van der Waals surface area contributed by atoms with Gasteiger partial charge >= 0.3 is 11.9 Å². The summed E-state index contributed by atoms with van der Waals surface area (Å²) < 4.78 is 0. The van der Waals surface area contributed by atoms with Gasteiger partial charge in [0.2, 0.25) is 47.3 Å². The summed E-state index contributed by atoms with van der Waals surface area (Å²) in [6.45, 7) is 9.36. The molecule has 24 heteroatoms. The number of rotatable bonds is 32. The smallest absolute Gasteiger partial charge is 0.326 e. The topological polar surface area (TPSA) is 390 Å². The number of H-pyrrole nitrogens is 1. The van der Waals surface area contributed by atoms with E-state index in [1.54, 1.807) is 114 Å². The van der Waals surface area contributed by atoms with Crippen molar-refractivity contribution in [3.8, 4) is 5.75 Å². The number of phenolic OH excluding ortho intramolecular Hbond substituents is 1. The van der Waals surface area contributed by atoms with Crippen molar-refractivity contribution in [2.24, 2.45) is 23.5 Å². The van der Waals surface area contributed by atoms with Gasteiger partial charge in [-0.15, -0.1) is 0 Å². The third kappa shape index (κ3) is 20.6. The summed E-state index contributed by atoms with van der Waals surface area (Å²) in [4.78, 5) is 141. The summed E-state index contributed by atoms with van der Waals surface area (Å²) in [5.74, 6) is -11.6. The molecule has 0 spiro atoms. The van der Waals surface area contributed by atoms with Gasteiger partial charge in [-0.3, -0.25) is 43.2 Å². The van der Waals surface area contributed by atoms with Gasteiger partial charge in [0, 0.05) is 42.8 Å². The number of benzene rings is 4. The lowest BCUT2D eigenvalue weighted by Crippen LogP contribution is -2.62. The Morgan fingerprint density at radius 1 is 0.459 bits per heavy atom. The SMILES string of the molecule is CC(C)CC(NC(=O)C(Cc1c[nH]c2ccccc12)NC(=O)C(NC(=O)C(Cc1ccccc1)NC(=O)C(Cc1ccccc1)NC(=O)C(CC(=O)O)NC(=O)C(Cc1ccc(O)cc1)NC(=O)C(NC(=O)C(N)CO)C(C)C)C(C)C)C(=O)O. The number of nitrogens with one attached hydrogen (secondary N) is 9. The van der Waals surface area contributed by atoms with Crippen LogP contribution in [0.15, 0.2) is 115 Å². The summed E-state index contributed by atoms with van der Waals surface area (Å²) in [7, 11) is 0. The number of amides is 8. The molecular weight excluding hydrogens is 1100 g/mol. The number of aromatic amines is 1. The second kappa shape index (κ2) is 32.0. The number of hydrogen-bond donors (Lipinski definition) is 14. The molecule has 24 nitrogen and oxygen atoms in total. The van der Waals surface area contributed by atoms with Crippen LogP contribution >= 0.6 is 0 Å². The van der Waals surface area contributed by atoms with E-state index in [-0.39, 0.29) is 43.8 Å². The maximum atomic E-state index is 14.8. The molecule has 0 fully saturated rings. The molecule has 8 amide bonds. The Bertz CT molecular complexity index is 3100. The molecule has 15 N–H and O–H groups in total. The van der Waals surface area contributed by atoms with E-state index in [0.717, 1.165) is 10.9 Å². The van der Waals surface area contributed by atoms with E-state index in [0.29, 0.717) is 22.3 Å². The maximum Gasteiger partial charge on any atom is 0.326 e. The number of aromatic hydroxyl groups is 1. The third-order valence-corrected chi connectivity index (χ3v) is 13.9. The van der Waals surface area contributed by atoms with Crippen LogP contribution in [-0.2, 0) is 73.6 Å². The summed E-state index contributed by atoms with van der Waals surface area (Å²) >= 11 is 0. The molecule has 456 valence electrons. The van der Waals surface area contributed by atoms with Gasteiger partial charge in [0.25, 0.3) is 0 Å². The molecule has 0 aliphatic carbocycles. The number of carbonyl (C=O) groups is 10. The molecule has 85 heavy (non-hydrogen) atoms. The Balaban J connectivity index is 1.44. The quantitative estimate of drug-likeness (QED) is 0.0288. The number of carboxylic acid groups (broad SMARTS) is 2. The first-order valence-corrected chi connectivity index (χ1v) is 28.0. The van der Waals surface area contributed by atoms with E-state index in [1.807, 2.05) is 18.2 Å². The first-order chi connectivity index (χ1) is 40.3. The van der Waals surface area contributed by atoms with E-state index >= 15 is 0 Å². The number of aliphatic hydroxyl groups is 1. The van der Waals surface area contributed by atoms with Crippen LogP contribution in [0.3, 0.4) is 0 Å². The number of aliphatic hydroxyl groups excluding tert-OH is 1. The van der Waals surface area contributed by atoms with Crippen molar-refractivity contribution in [2.45, 2.75) is 134 Å². The number of para-hydroxylation sites is 1. The van der Waals surface area contributed by atoms with Crippen LogP contribution in [-0.4, -0.2) is 146 Å². The lowest BCUT2D eigenvalue weighted by atomic mass is 9.98. The van der Waals surface area contributed by atoms with E-state index in [1.165, 1.54) is 24.3 Å². The van der Waals surface area contributed by atoms with Gasteiger partial charge in [0.15, 0.2) is 0 Å². The standard InChI is InChI=1S/C61H78N10O14/c1-33(2)25-49(61(84)85)69-56(79)47(29-39-31-63-43-20-14-13-19-41(39)43)68-60(83)52(35(5)6)71-58(81)46(27-37-17-11-8-12-18-37)65-54(77)44(26-36-15-9-7-10-16-36)64-57(80)48(30-50(74)75)66-55(78)45(28-38-21-23-40(73)24-22-38)67-59(82)51(34(3)4)70-53(76)42(62)32-72/h7-24,31,33-35,42,44-49,51-52,63,72-73H,25-30,32,62H2,1-6H3,(H,64,80)(H,65,77)(H,66,78)(H,67,82)(H,68,83)(H,69,79)(H,70,76)(H,71,81)(H,74,75)(H,84,85). The molecule has 0 radical (unpaired) electrons. The summed E-state index contributed by atoms with van der Waals surface area (Å²) in [5, 5.41) is 61.0. The first kappa shape index (κ1) is 66.6. The van der Waals surface area contributed by atoms with Gasteiger partial charge in [-0.25, -0.2) is 4.79 Å². The Kier molecular flexibility index (Phi) is 25.1. The molecule has 0 saturated carbocycles. The van der Waals surface area contributed by atoms with Gasteiger partial charge < -0.3 is 73.7 Å². The van der Waals surface area contributed by atoms with Crippen molar-refractivity contribution in [2.75, 3.05) is 6.61 Å². The average Bonchev–Trinajstić information content (AvgIpc) is 3.80. The Labute approximate surface area is 492 Å². The lowest BCUT2D eigenvalue weighted by Gasteiger charge is -2.29. The van der Waals surface area contributed by atoms with Gasteiger partial charge in [-0.05, 0) is 64.6 Å². The Morgan fingerprint density at radius 2 is 0.847 bits per heavy atom. The molecule has 0 saturated heterocycles. The van der Waals surface area contributed by atoms with Crippen molar-refractivity contribution in [1.29, 1.82) is 0 Å². The zero-order valence-electron chi connectivity index (χ0n) is 48.3. The van der Waals surface area contributed by atoms with Gasteiger partial charge in [-0.1, -0.05) is 133 Å². The zero-order chi connectivity index (χ0) is 62.5. The highest BCUT2D eigenvalue weighted by molar-refractivity contribution is 5.99. The van der Waals surface area contributed by atoms with Gasteiger partial charge in [-0.2, -0.15) is 0 Å². The molecule has 1 aromatic heterocycles. The predicted molar refractivity (Wildman–Crippen MR) is 314 cm³/mol. The van der Waals surface area contributed by atoms with Crippen molar-refractivity contribution >= 4 is 70.1 Å². The minimum absolute atomic E-state index is 0.0776. The molecule has 1 heterocycles. The van der Waals surface area contributed by atoms with Crippen molar-refractivity contribution in [3.63, 3.8) is 0 Å². The summed E-state index contributed by atoms with van der Waals surface area (Å²) in [5.41, 5.74) is 8.55. The lowest BCUT2D eigenvalue weighted by molar-refractivity contribution is -0.143. The molecule has 0 aliphatic heterocycles. The molecule has 0 bridgehead atoms. The molecular formula is C61H78N10O14. The van der Waals surface area contributed by atoms with Crippen molar-refractivity contribution in [3.05, 3.63) is 138 Å². The highest BCUT2D eigenvalue weighted by Crippen LogP contribution is 2.21. The normalized spacial score (nSPS) is 14.5. The number of fused-ring (bicyclic) bond motifs is 1. The van der Waals surface area contributed by atoms with E-state index in [4.69, 9.17) is 5.73 Å². The highest BCUT2D eigenvalue weighted by atomic mass is 16.4. The highest BCUT2D eigenvalue weighted by Gasteiger charge is 2.37. The van der Waals surface area contributed by atoms with Gasteiger partial charge in [0.05, 0.1) is 13.0 Å². The van der Waals surface area contributed by atoms with Gasteiger partial charge in [0.1, 0.15) is 60.1 Å². The second-order valence-corrected chi connectivity index (χ2v) is 22.0. The Hall–Kier alpha value is -9.16. The fourth-order valence-corrected chi connectivity index (χ4v) is 9.28. The fourth-order valence-electron chi connectivity index (χ4n) is 9.28. The monoisotopic (exact) mass is 1170 g/mol. The largest absolute Gasteiger partial charge is 0.508 e. The number of carbonyl (C=O) groups excluding carboxylic acids is 8. The van der Waals surface area contributed by atoms with E-state index in [2.05, 4.69) is 47.5 Å². The molecule has 5 aromatic rings. The van der Waals surface area contributed by atoms with Crippen LogP contribution in [0.2, 0.25) is 0 Å². The van der Waals surface area contributed by atoms with Crippen LogP contribution < -0.4 is 48.3 Å². The third-order valence-electron chi connectivity index (χ3n) is 13.9. The first-order valence-electron chi connectivity index (χ1n) is 28.0. The minimum Gasteiger partial charge on any atom is -0.508 e. The molecule has 0 aliphatic rings. The van der Waals surface area contributed by atoms with E-state index in [9.17, 15) is 68.4 Å². The second-order valence-electron chi connectivity index (χ2n) is 22.0. The Morgan fingerprint density at radius 3 is 1.29 bits per heavy atom. The number of aromatic nitrogens is 1. The van der Waals surface area contributed by atoms with Crippen molar-refractivity contribution in [1.82, 2.24) is 47.5 Å². The van der Waals surface area contributed by atoms with Crippen LogP contribution in [0.4, 0.5) is 0 Å². The van der Waals surface area contributed by atoms with Crippen LogP contribution in [0, 0.1) is 17.8 Å². The molecule has 5 rings (SSSR count). The van der Waals surface area contributed by atoms with Crippen molar-refractivity contribution < 1.29 is 68.4 Å². The number of aliphatic carboxylic acids is 2. The number of nitrogens with two attached hydrogens (primary N) is 1. The fraction of sp³-hybridized carbons (Fsp3) is 0.410. The summed E-state index contributed by atoms with van der Waals surface area (Å²) in [6.07, 6.45) is 0.0136. The average molecular weight is 1180 g/mol. The predicted octanol–water partition coefficient (Wildman–Crippen LogP) is 1.26. The molecule has 9 unspecified atom stereocenters. The van der Waals surface area contributed by atoms with Crippen LogP contribution in [0.1, 0.15) is 76.6 Å². The summed E-state index contributed by atoms with van der Waals surface area (Å²) in [6, 6.07) is 16.6. The molecule has 9 atom stereocenters. The number of phenols is 1. The zero-order valence-corrected chi connectivity index (χ0v) is 48.3. The number of hydrogen-bond acceptors (Lipinski definition) is 13. The van der Waals surface area contributed by atoms with Crippen LogP contribution in [0.5, 0.6) is 5.75 Å². The number of carboxylic acids is 2. The van der Waals surface area contributed by atoms with E-state index < -0.39 is 138 Å².